The molecule has 0 radical (unpaired) electrons. The summed E-state index contributed by atoms with van der Waals surface area (Å²) in [6.45, 7) is 6.14. The van der Waals surface area contributed by atoms with Gasteiger partial charge in [0.1, 0.15) is 6.61 Å². The molecule has 2 rings (SSSR count). The molecule has 6 nitrogen and oxygen atoms in total. The van der Waals surface area contributed by atoms with Crippen LogP contribution >= 0.6 is 0 Å². The molecule has 0 amide bonds. The van der Waals surface area contributed by atoms with Crippen LogP contribution in [0.3, 0.4) is 0 Å². The number of ether oxygens (including phenoxy) is 1. The van der Waals surface area contributed by atoms with E-state index in [4.69, 9.17) is 4.74 Å². The van der Waals surface area contributed by atoms with E-state index in [1.165, 1.54) is 6.92 Å². The highest BCUT2D eigenvalue weighted by Gasteiger charge is 2.49. The van der Waals surface area contributed by atoms with E-state index in [0.717, 1.165) is 19.3 Å². The summed E-state index contributed by atoms with van der Waals surface area (Å²) in [6.07, 6.45) is 1.38. The first-order chi connectivity index (χ1) is 9.71. The van der Waals surface area contributed by atoms with Gasteiger partial charge in [-0.1, -0.05) is 13.8 Å². The number of rotatable bonds is 5. The summed E-state index contributed by atoms with van der Waals surface area (Å²) < 4.78 is 5.12. The minimum atomic E-state index is -1.89. The second-order valence-corrected chi connectivity index (χ2v) is 6.91. The number of carbonyl (C=O) groups is 1. The summed E-state index contributed by atoms with van der Waals surface area (Å²) in [5.41, 5.74) is -1.89. The summed E-state index contributed by atoms with van der Waals surface area (Å²) in [7, 11) is 0. The van der Waals surface area contributed by atoms with Gasteiger partial charge in [0.25, 0.3) is 0 Å². The maximum absolute atomic E-state index is 12.4. The van der Waals surface area contributed by atoms with Gasteiger partial charge in [-0.05, 0) is 12.8 Å². The van der Waals surface area contributed by atoms with Crippen molar-refractivity contribution in [2.24, 2.45) is 11.8 Å². The number of aliphatic hydroxyl groups excluding tert-OH is 1. The van der Waals surface area contributed by atoms with E-state index < -0.39 is 23.6 Å². The summed E-state index contributed by atoms with van der Waals surface area (Å²) in [6, 6.07) is 0.0245. The van der Waals surface area contributed by atoms with Crippen LogP contribution in [0.5, 0.6) is 0 Å². The first kappa shape index (κ1) is 16.7. The van der Waals surface area contributed by atoms with E-state index >= 15 is 0 Å². The second-order valence-electron chi connectivity index (χ2n) is 6.91. The normalized spacial score (nSPS) is 36.3. The van der Waals surface area contributed by atoms with Crippen molar-refractivity contribution in [3.8, 4) is 0 Å². The standard InChI is InChI=1S/C15H27NO5/c1-10(2)15(19,11(3)17)14(18)21-9-12-6-8-16(20)7-4-5-13(12)16/h10-13,17,19H,4-9H2,1-3H3/t11?,12-,13-,15?,16?/m0/s1. The topological polar surface area (TPSA) is 89.8 Å². The fourth-order valence-electron chi connectivity index (χ4n) is 3.82. The molecule has 0 spiro atoms. The van der Waals surface area contributed by atoms with Gasteiger partial charge in [-0.15, -0.1) is 0 Å². The van der Waals surface area contributed by atoms with E-state index in [1.54, 1.807) is 13.8 Å². The number of carbonyl (C=O) groups excluding carboxylic acids is 1. The summed E-state index contributed by atoms with van der Waals surface area (Å²) in [5.74, 6) is -1.17. The Morgan fingerprint density at radius 1 is 1.38 bits per heavy atom. The number of aliphatic hydroxyl groups is 2. The molecule has 0 aliphatic carbocycles. The van der Waals surface area contributed by atoms with Crippen LogP contribution in [0.15, 0.2) is 0 Å². The summed E-state index contributed by atoms with van der Waals surface area (Å²) in [4.78, 5) is 12.2. The number of hydroxylamine groups is 3. The molecule has 122 valence electrons. The maximum Gasteiger partial charge on any atom is 0.341 e. The highest BCUT2D eigenvalue weighted by atomic mass is 16.6. The lowest BCUT2D eigenvalue weighted by Crippen LogP contribution is -2.53. The predicted molar refractivity (Wildman–Crippen MR) is 76.9 cm³/mol. The average molecular weight is 301 g/mol. The number of hydrogen-bond donors (Lipinski definition) is 2. The van der Waals surface area contributed by atoms with Crippen molar-refractivity contribution < 1.29 is 24.4 Å². The summed E-state index contributed by atoms with van der Waals surface area (Å²) in [5, 5.41) is 32.5. The molecule has 2 heterocycles. The Hall–Kier alpha value is -0.690. The third-order valence-electron chi connectivity index (χ3n) is 5.34. The fraction of sp³-hybridized carbons (Fsp3) is 0.933. The lowest BCUT2D eigenvalue weighted by atomic mass is 9.85. The number of quaternary nitrogens is 1. The molecule has 2 fully saturated rings. The first-order valence-corrected chi connectivity index (χ1v) is 7.87. The SMILES string of the molecule is CC(C)C(O)(C(=O)OC[C@@H]1CC[N+]2([O-])CCC[C@@H]12)C(C)O. The molecule has 0 aromatic heterocycles. The molecule has 2 N–H and O–H groups in total. The van der Waals surface area contributed by atoms with Gasteiger partial charge in [-0.25, -0.2) is 4.79 Å². The van der Waals surface area contributed by atoms with Crippen molar-refractivity contribution in [2.75, 3.05) is 19.7 Å². The highest BCUT2D eigenvalue weighted by Crippen LogP contribution is 2.39. The van der Waals surface area contributed by atoms with Crippen LogP contribution < -0.4 is 0 Å². The van der Waals surface area contributed by atoms with Gasteiger partial charge in [-0.3, -0.25) is 0 Å². The first-order valence-electron chi connectivity index (χ1n) is 7.87. The minimum absolute atomic E-state index is 0.0245. The molecule has 2 saturated heterocycles. The van der Waals surface area contributed by atoms with E-state index in [1.807, 2.05) is 0 Å². The lowest BCUT2D eigenvalue weighted by molar-refractivity contribution is -0.881. The van der Waals surface area contributed by atoms with Gasteiger partial charge in [0.2, 0.25) is 0 Å². The number of nitrogens with zero attached hydrogens (tertiary/aromatic N) is 1. The van der Waals surface area contributed by atoms with Crippen molar-refractivity contribution >= 4 is 5.97 Å². The van der Waals surface area contributed by atoms with E-state index in [0.29, 0.717) is 13.1 Å². The molecule has 3 unspecified atom stereocenters. The number of esters is 1. The Kier molecular flexibility index (Phi) is 4.63. The minimum Gasteiger partial charge on any atom is -0.633 e. The van der Waals surface area contributed by atoms with Gasteiger partial charge in [0.15, 0.2) is 5.60 Å². The molecular weight excluding hydrogens is 274 g/mol. The maximum atomic E-state index is 12.4. The number of hydrogen-bond acceptors (Lipinski definition) is 5. The van der Waals surface area contributed by atoms with E-state index in [2.05, 4.69) is 0 Å². The van der Waals surface area contributed by atoms with Crippen molar-refractivity contribution in [3.63, 3.8) is 0 Å². The molecule has 0 bridgehead atoms. The van der Waals surface area contributed by atoms with Gasteiger partial charge in [-0.2, -0.15) is 0 Å². The van der Waals surface area contributed by atoms with Crippen LogP contribution in [0.2, 0.25) is 0 Å². The fourth-order valence-corrected chi connectivity index (χ4v) is 3.82. The quantitative estimate of drug-likeness (QED) is 0.445. The highest BCUT2D eigenvalue weighted by molar-refractivity contribution is 5.80. The third-order valence-corrected chi connectivity index (χ3v) is 5.34. The lowest BCUT2D eigenvalue weighted by Gasteiger charge is -2.40. The smallest absolute Gasteiger partial charge is 0.341 e. The Bertz CT molecular complexity index is 390. The molecule has 2 aliphatic heterocycles. The Morgan fingerprint density at radius 2 is 2.05 bits per heavy atom. The van der Waals surface area contributed by atoms with Gasteiger partial charge < -0.3 is 24.8 Å². The Balaban J connectivity index is 1.95. The molecule has 6 heteroatoms. The molecule has 0 aromatic carbocycles. The Labute approximate surface area is 125 Å². The van der Waals surface area contributed by atoms with Crippen LogP contribution in [-0.4, -0.2) is 58.3 Å². The van der Waals surface area contributed by atoms with Crippen molar-refractivity contribution in [2.45, 2.75) is 57.8 Å². The van der Waals surface area contributed by atoms with Crippen LogP contribution in [0.1, 0.15) is 40.0 Å². The molecule has 5 atom stereocenters. The third kappa shape index (κ3) is 2.82. The van der Waals surface area contributed by atoms with Gasteiger partial charge in [0, 0.05) is 19.3 Å². The average Bonchev–Trinajstić information content (AvgIpc) is 2.91. The predicted octanol–water partition coefficient (Wildman–Crippen LogP) is 0.794. The summed E-state index contributed by atoms with van der Waals surface area (Å²) >= 11 is 0. The Morgan fingerprint density at radius 3 is 2.62 bits per heavy atom. The van der Waals surface area contributed by atoms with Crippen LogP contribution in [0, 0.1) is 17.0 Å². The van der Waals surface area contributed by atoms with E-state index in [-0.39, 0.29) is 23.2 Å². The molecule has 0 aromatic rings. The van der Waals surface area contributed by atoms with Crippen molar-refractivity contribution in [1.29, 1.82) is 0 Å². The number of fused-ring (bicyclic) bond motifs is 1. The van der Waals surface area contributed by atoms with Crippen molar-refractivity contribution in [1.82, 2.24) is 0 Å². The van der Waals surface area contributed by atoms with Gasteiger partial charge >= 0.3 is 5.97 Å². The zero-order chi connectivity index (χ0) is 15.8. The van der Waals surface area contributed by atoms with Gasteiger partial charge in [0.05, 0.1) is 31.2 Å². The van der Waals surface area contributed by atoms with Crippen molar-refractivity contribution in [3.05, 3.63) is 5.21 Å². The largest absolute Gasteiger partial charge is 0.633 e. The van der Waals surface area contributed by atoms with Crippen LogP contribution in [-0.2, 0) is 9.53 Å². The second kappa shape index (κ2) is 5.83. The van der Waals surface area contributed by atoms with E-state index in [9.17, 15) is 20.2 Å². The zero-order valence-corrected chi connectivity index (χ0v) is 13.1. The molecule has 0 saturated carbocycles. The monoisotopic (exact) mass is 301 g/mol. The molecule has 21 heavy (non-hydrogen) atoms. The zero-order valence-electron chi connectivity index (χ0n) is 13.1. The van der Waals surface area contributed by atoms with Crippen LogP contribution in [0.4, 0.5) is 0 Å². The van der Waals surface area contributed by atoms with Crippen LogP contribution in [0.25, 0.3) is 0 Å². The molecule has 2 aliphatic rings. The molecular formula is C15H27NO5.